The highest BCUT2D eigenvalue weighted by atomic mass is 32.2. The molecular weight excluding hydrogens is 280 g/mol. The van der Waals surface area contributed by atoms with E-state index in [1.165, 1.54) is 12.1 Å². The first-order valence-electron chi connectivity index (χ1n) is 6.37. The molecule has 6 nitrogen and oxygen atoms in total. The maximum atomic E-state index is 11.6. The Hall–Kier alpha value is -1.47. The number of benzene rings is 1. The van der Waals surface area contributed by atoms with E-state index in [-0.39, 0.29) is 22.7 Å². The van der Waals surface area contributed by atoms with Crippen LogP contribution in [0.1, 0.15) is 18.9 Å². The van der Waals surface area contributed by atoms with Crippen molar-refractivity contribution in [3.05, 3.63) is 39.9 Å². The van der Waals surface area contributed by atoms with E-state index < -0.39 is 14.8 Å². The molecule has 1 heterocycles. The lowest BCUT2D eigenvalue weighted by Crippen LogP contribution is -2.44. The minimum atomic E-state index is -2.94. The fourth-order valence-corrected chi connectivity index (χ4v) is 4.69. The zero-order valence-corrected chi connectivity index (χ0v) is 12.4. The van der Waals surface area contributed by atoms with Crippen molar-refractivity contribution in [1.82, 2.24) is 4.90 Å². The van der Waals surface area contributed by atoms with Crippen molar-refractivity contribution >= 4 is 15.5 Å². The molecule has 7 heteroatoms. The molecule has 0 aromatic heterocycles. The van der Waals surface area contributed by atoms with Crippen LogP contribution in [-0.4, -0.2) is 42.3 Å². The van der Waals surface area contributed by atoms with E-state index in [4.69, 9.17) is 0 Å². The van der Waals surface area contributed by atoms with Crippen LogP contribution in [0.4, 0.5) is 5.69 Å². The topological polar surface area (TPSA) is 80.5 Å². The quantitative estimate of drug-likeness (QED) is 0.623. The van der Waals surface area contributed by atoms with Gasteiger partial charge >= 0.3 is 0 Å². The summed E-state index contributed by atoms with van der Waals surface area (Å²) in [5.41, 5.74) is 0.635. The number of nitro groups is 1. The van der Waals surface area contributed by atoms with Gasteiger partial charge in [0.25, 0.3) is 5.69 Å². The highest BCUT2D eigenvalue weighted by Gasteiger charge is 2.41. The number of sulfone groups is 1. The van der Waals surface area contributed by atoms with E-state index in [9.17, 15) is 18.5 Å². The van der Waals surface area contributed by atoms with Crippen molar-refractivity contribution in [2.45, 2.75) is 25.4 Å². The van der Waals surface area contributed by atoms with Crippen molar-refractivity contribution in [3.8, 4) is 0 Å². The maximum absolute atomic E-state index is 11.6. The van der Waals surface area contributed by atoms with Gasteiger partial charge in [-0.3, -0.25) is 15.0 Å². The van der Waals surface area contributed by atoms with Crippen molar-refractivity contribution < 1.29 is 13.3 Å². The smallest absolute Gasteiger partial charge is 0.269 e. The van der Waals surface area contributed by atoms with Crippen LogP contribution in [0.3, 0.4) is 0 Å². The van der Waals surface area contributed by atoms with Gasteiger partial charge in [0.1, 0.15) is 0 Å². The summed E-state index contributed by atoms with van der Waals surface area (Å²) in [7, 11) is -1.05. The lowest BCUT2D eigenvalue weighted by Gasteiger charge is -2.34. The van der Waals surface area contributed by atoms with E-state index in [1.54, 1.807) is 12.1 Å². The van der Waals surface area contributed by atoms with Gasteiger partial charge in [-0.25, -0.2) is 8.42 Å². The molecule has 1 atom stereocenters. The standard InChI is InChI=1S/C13H18N2O4S/c1-13(7-8-20(18,19)10-13)14(2)9-11-3-5-12(6-4-11)15(16)17/h3-6H,7-10H2,1-2H3/t13-/m1/s1. The first-order valence-corrected chi connectivity index (χ1v) is 8.19. The SMILES string of the molecule is CN(Cc1ccc([N+](=O)[O-])cc1)[C@]1(C)CCS(=O)(=O)C1. The number of hydrogen-bond acceptors (Lipinski definition) is 5. The molecule has 0 saturated carbocycles. The van der Waals surface area contributed by atoms with E-state index in [1.807, 2.05) is 18.9 Å². The molecule has 0 amide bonds. The Kier molecular flexibility index (Phi) is 3.84. The van der Waals surface area contributed by atoms with Crippen LogP contribution in [0, 0.1) is 10.1 Å². The molecule has 0 N–H and O–H groups in total. The molecular formula is C13H18N2O4S. The monoisotopic (exact) mass is 298 g/mol. The third kappa shape index (κ3) is 3.16. The van der Waals surface area contributed by atoms with Gasteiger partial charge in [-0.2, -0.15) is 0 Å². The summed E-state index contributed by atoms with van der Waals surface area (Å²) in [4.78, 5) is 12.2. The summed E-state index contributed by atoms with van der Waals surface area (Å²) >= 11 is 0. The summed E-state index contributed by atoms with van der Waals surface area (Å²) in [5, 5.41) is 10.6. The normalized spacial score (nSPS) is 24.9. The third-order valence-corrected chi connectivity index (χ3v) is 5.86. The molecule has 1 fully saturated rings. The molecule has 1 aromatic rings. The molecule has 0 unspecified atom stereocenters. The van der Waals surface area contributed by atoms with Crippen LogP contribution in [-0.2, 0) is 16.4 Å². The van der Waals surface area contributed by atoms with Crippen molar-refractivity contribution in [1.29, 1.82) is 0 Å². The summed E-state index contributed by atoms with van der Waals surface area (Å²) in [6.45, 7) is 2.52. The van der Waals surface area contributed by atoms with E-state index in [0.717, 1.165) is 5.56 Å². The zero-order valence-electron chi connectivity index (χ0n) is 11.6. The van der Waals surface area contributed by atoms with Gasteiger partial charge in [-0.15, -0.1) is 0 Å². The van der Waals surface area contributed by atoms with E-state index in [2.05, 4.69) is 0 Å². The van der Waals surface area contributed by atoms with Crippen molar-refractivity contribution in [2.24, 2.45) is 0 Å². The lowest BCUT2D eigenvalue weighted by atomic mass is 9.99. The molecule has 1 aliphatic heterocycles. The highest BCUT2D eigenvalue weighted by Crippen LogP contribution is 2.29. The van der Waals surface area contributed by atoms with Crippen LogP contribution < -0.4 is 0 Å². The number of non-ortho nitro benzene ring substituents is 1. The van der Waals surface area contributed by atoms with Gasteiger partial charge in [-0.1, -0.05) is 12.1 Å². The first-order chi connectivity index (χ1) is 9.22. The first kappa shape index (κ1) is 14.9. The molecule has 1 aliphatic rings. The van der Waals surface area contributed by atoms with Crippen LogP contribution >= 0.6 is 0 Å². The van der Waals surface area contributed by atoms with Crippen molar-refractivity contribution in [2.75, 3.05) is 18.6 Å². The Morgan fingerprint density at radius 3 is 2.40 bits per heavy atom. The van der Waals surface area contributed by atoms with Crippen molar-refractivity contribution in [3.63, 3.8) is 0 Å². The summed E-state index contributed by atoms with van der Waals surface area (Å²) in [6.07, 6.45) is 0.624. The molecule has 1 saturated heterocycles. The molecule has 0 spiro atoms. The molecule has 20 heavy (non-hydrogen) atoms. The number of rotatable bonds is 4. The largest absolute Gasteiger partial charge is 0.296 e. The average molecular weight is 298 g/mol. The third-order valence-electron chi connectivity index (χ3n) is 3.97. The highest BCUT2D eigenvalue weighted by molar-refractivity contribution is 7.91. The second kappa shape index (κ2) is 5.14. The predicted octanol–water partition coefficient (Wildman–Crippen LogP) is 1.60. The van der Waals surface area contributed by atoms with Gasteiger partial charge in [0.05, 0.1) is 16.4 Å². The zero-order chi connectivity index (χ0) is 15.0. The number of nitro benzene ring substituents is 1. The van der Waals surface area contributed by atoms with Crippen LogP contribution in [0.25, 0.3) is 0 Å². The number of nitrogens with zero attached hydrogens (tertiary/aromatic N) is 2. The Balaban J connectivity index is 2.08. The fraction of sp³-hybridized carbons (Fsp3) is 0.538. The average Bonchev–Trinajstić information content (AvgIpc) is 2.65. The molecule has 0 aliphatic carbocycles. The molecule has 0 bridgehead atoms. The molecule has 0 radical (unpaired) electrons. The fourth-order valence-electron chi connectivity index (χ4n) is 2.48. The maximum Gasteiger partial charge on any atom is 0.269 e. The van der Waals surface area contributed by atoms with Gasteiger partial charge < -0.3 is 0 Å². The minimum absolute atomic E-state index is 0.0612. The summed E-state index contributed by atoms with van der Waals surface area (Å²) in [5.74, 6) is 0.400. The predicted molar refractivity (Wildman–Crippen MR) is 76.2 cm³/mol. The van der Waals surface area contributed by atoms with Gasteiger partial charge in [0.15, 0.2) is 9.84 Å². The molecule has 1 aromatic carbocycles. The Morgan fingerprint density at radius 2 is 1.95 bits per heavy atom. The Bertz CT molecular complexity index is 612. The van der Waals surface area contributed by atoms with Crippen LogP contribution in [0.2, 0.25) is 0 Å². The Labute approximate surface area is 118 Å². The van der Waals surface area contributed by atoms with Gasteiger partial charge in [0, 0.05) is 24.2 Å². The van der Waals surface area contributed by atoms with Crippen LogP contribution in [0.15, 0.2) is 24.3 Å². The summed E-state index contributed by atoms with van der Waals surface area (Å²) in [6, 6.07) is 6.36. The number of hydrogen-bond donors (Lipinski definition) is 0. The second-order valence-electron chi connectivity index (χ2n) is 5.62. The lowest BCUT2D eigenvalue weighted by molar-refractivity contribution is -0.384. The van der Waals surface area contributed by atoms with Gasteiger partial charge in [-0.05, 0) is 26.0 Å². The van der Waals surface area contributed by atoms with Crippen LogP contribution in [0.5, 0.6) is 0 Å². The van der Waals surface area contributed by atoms with Gasteiger partial charge in [0.2, 0.25) is 0 Å². The molecule has 2 rings (SSSR count). The summed E-state index contributed by atoms with van der Waals surface area (Å²) < 4.78 is 23.2. The minimum Gasteiger partial charge on any atom is -0.296 e. The second-order valence-corrected chi connectivity index (χ2v) is 7.80. The van der Waals surface area contributed by atoms with E-state index >= 15 is 0 Å². The van der Waals surface area contributed by atoms with E-state index in [0.29, 0.717) is 13.0 Å². The Morgan fingerprint density at radius 1 is 1.35 bits per heavy atom. The molecule has 110 valence electrons.